The van der Waals surface area contributed by atoms with Crippen molar-refractivity contribution in [2.24, 2.45) is 11.8 Å². The number of sulfonamides is 1. The Morgan fingerprint density at radius 1 is 1.09 bits per heavy atom. The molecule has 0 unspecified atom stereocenters. The van der Waals surface area contributed by atoms with E-state index in [4.69, 9.17) is 9.47 Å². The lowest BCUT2D eigenvalue weighted by Gasteiger charge is -2.30. The number of hydrogen-bond acceptors (Lipinski definition) is 10. The first-order chi connectivity index (χ1) is 25.9. The van der Waals surface area contributed by atoms with Crippen molar-refractivity contribution in [1.82, 2.24) is 25.2 Å². The molecular weight excluding hydrogens is 738 g/mol. The molecule has 3 saturated carbocycles. The lowest BCUT2D eigenvalue weighted by molar-refractivity contribution is -0.141. The van der Waals surface area contributed by atoms with Gasteiger partial charge in [-0.2, -0.15) is 0 Å². The maximum absolute atomic E-state index is 14.4. The van der Waals surface area contributed by atoms with Crippen LogP contribution in [0.5, 0.6) is 0 Å². The smallest absolute Gasteiger partial charge is 0.410 e. The van der Waals surface area contributed by atoms with Crippen molar-refractivity contribution in [3.05, 3.63) is 60.0 Å². The van der Waals surface area contributed by atoms with E-state index >= 15 is 0 Å². The van der Waals surface area contributed by atoms with Gasteiger partial charge in [0, 0.05) is 30.9 Å². The first kappa shape index (κ1) is 39.9. The molecule has 5 amide bonds. The number of likely N-dealkylation sites (tertiary alicyclic amines) is 1. The Morgan fingerprint density at radius 3 is 2.44 bits per heavy atom. The van der Waals surface area contributed by atoms with Crippen LogP contribution < -0.4 is 15.4 Å². The summed E-state index contributed by atoms with van der Waals surface area (Å²) in [5.74, 6) is -3.54. The number of rotatable bonds is 14. The van der Waals surface area contributed by atoms with E-state index in [2.05, 4.69) is 21.9 Å². The van der Waals surface area contributed by atoms with Crippen molar-refractivity contribution in [3.8, 4) is 0 Å². The van der Waals surface area contributed by atoms with Crippen molar-refractivity contribution >= 4 is 45.7 Å². The van der Waals surface area contributed by atoms with Crippen molar-refractivity contribution in [2.75, 3.05) is 6.54 Å². The molecule has 0 aromatic heterocycles. The second-order valence-corrected chi connectivity index (χ2v) is 18.0. The first-order valence-electron chi connectivity index (χ1n) is 18.6. The summed E-state index contributed by atoms with van der Waals surface area (Å²) in [5.41, 5.74) is -1.62. The molecular formula is C38H48FN5O10S. The summed E-state index contributed by atoms with van der Waals surface area (Å²) in [6.07, 6.45) is 4.25. The largest absolute Gasteiger partial charge is 0.444 e. The van der Waals surface area contributed by atoms with Gasteiger partial charge in [-0.25, -0.2) is 22.4 Å². The average molecular weight is 786 g/mol. The summed E-state index contributed by atoms with van der Waals surface area (Å²) in [6, 6.07) is 1.82. The number of hydrogen-bond donors (Lipinski definition) is 3. The van der Waals surface area contributed by atoms with Gasteiger partial charge in [0.1, 0.15) is 35.1 Å². The Morgan fingerprint density at radius 2 is 1.82 bits per heavy atom. The fourth-order valence-corrected chi connectivity index (χ4v) is 8.29. The van der Waals surface area contributed by atoms with Gasteiger partial charge >= 0.3 is 12.2 Å². The lowest BCUT2D eigenvalue weighted by Crippen LogP contribution is -2.58. The van der Waals surface area contributed by atoms with Crippen LogP contribution in [-0.2, 0) is 51.8 Å². The molecule has 298 valence electrons. The van der Waals surface area contributed by atoms with Crippen molar-refractivity contribution < 1.29 is 51.0 Å². The fourth-order valence-electron chi connectivity index (χ4n) is 6.93. The Labute approximate surface area is 319 Å². The van der Waals surface area contributed by atoms with Gasteiger partial charge in [-0.15, -0.1) is 6.58 Å². The number of amides is 5. The highest BCUT2D eigenvalue weighted by molar-refractivity contribution is 7.91. The summed E-state index contributed by atoms with van der Waals surface area (Å²) in [5, 5.41) is 4.51. The number of ketones is 1. The molecule has 0 spiro atoms. The molecule has 1 aromatic carbocycles. The van der Waals surface area contributed by atoms with Crippen LogP contribution in [0.2, 0.25) is 0 Å². The van der Waals surface area contributed by atoms with Crippen LogP contribution in [0.4, 0.5) is 14.0 Å². The maximum atomic E-state index is 14.4. The van der Waals surface area contributed by atoms with Crippen molar-refractivity contribution in [2.45, 2.75) is 120 Å². The number of nitrogens with one attached hydrogen (secondary N) is 3. The Kier molecular flexibility index (Phi) is 11.2. The van der Waals surface area contributed by atoms with Crippen LogP contribution >= 0.6 is 0 Å². The highest BCUT2D eigenvalue weighted by Gasteiger charge is 2.62. The van der Waals surface area contributed by atoms with E-state index in [1.807, 2.05) is 6.08 Å². The van der Waals surface area contributed by atoms with Gasteiger partial charge in [-0.05, 0) is 82.9 Å². The molecule has 3 N–H and O–H groups in total. The average Bonchev–Trinajstić information content (AvgIpc) is 4.04. The normalized spacial score (nSPS) is 25.1. The van der Waals surface area contributed by atoms with E-state index in [0.717, 1.165) is 17.7 Å². The SMILES string of the molecule is C=C[C@@H]1C[C@]1(NC(=O)[C@@H]1C[C@@H](OC(=O)N2Cc3cccc(F)c3C2)CN1C(=O)[C@H](CCC(=O)/C=C/C1CC1)NC(=O)OC(C)(C)C)C(=O)NS(=O)(=O)C1CC1. The number of halogens is 1. The van der Waals surface area contributed by atoms with Crippen LogP contribution in [0, 0.1) is 17.7 Å². The minimum atomic E-state index is -3.97. The predicted octanol–water partition coefficient (Wildman–Crippen LogP) is 3.13. The molecule has 2 aliphatic heterocycles. The van der Waals surface area contributed by atoms with Crippen LogP contribution in [0.3, 0.4) is 0 Å². The summed E-state index contributed by atoms with van der Waals surface area (Å²) in [4.78, 5) is 83.5. The quantitative estimate of drug-likeness (QED) is 0.186. The zero-order valence-electron chi connectivity index (χ0n) is 31.2. The third kappa shape index (κ3) is 9.54. The fraction of sp³-hybridized carbons (Fsp3) is 0.579. The number of nitrogens with zero attached hydrogens (tertiary/aromatic N) is 2. The van der Waals surface area contributed by atoms with Crippen LogP contribution in [0.1, 0.15) is 83.3 Å². The van der Waals surface area contributed by atoms with Crippen LogP contribution in [0.15, 0.2) is 43.0 Å². The van der Waals surface area contributed by atoms with Gasteiger partial charge in [0.05, 0.1) is 18.3 Å². The van der Waals surface area contributed by atoms with E-state index in [9.17, 15) is 41.6 Å². The van der Waals surface area contributed by atoms with Gasteiger partial charge in [0.2, 0.25) is 21.8 Å². The Hall–Kier alpha value is -4.80. The van der Waals surface area contributed by atoms with Crippen LogP contribution in [-0.4, -0.2) is 95.0 Å². The first-order valence-corrected chi connectivity index (χ1v) is 20.2. The Bertz CT molecular complexity index is 1910. The second-order valence-electron chi connectivity index (χ2n) is 16.1. The topological polar surface area (TPSA) is 198 Å². The van der Waals surface area contributed by atoms with Gasteiger partial charge < -0.3 is 25.0 Å². The summed E-state index contributed by atoms with van der Waals surface area (Å²) in [6.45, 7) is 8.36. The predicted molar refractivity (Wildman–Crippen MR) is 195 cm³/mol. The standard InChI is InChI=1S/C38H48FN5O10S/c1-5-24-18-38(24,34(48)42-55(51,52)27-14-15-27)41-32(46)31-17-26(53-36(50)43-19-23-7-6-8-29(39)28(23)21-43)20-44(31)33(47)30(40-35(49)54-37(2,3)4)16-13-25(45)12-11-22-9-10-22/h5-8,11-12,22,24,26-27,30-31H,1,9-10,13-21H2,2-4H3,(H,40,49)(H,41,46)(H,42,48)/b12-11+/t24-,26-,30+,31+,38-/m1/s1. The number of carbonyl (C=O) groups excluding carboxylic acids is 6. The van der Waals surface area contributed by atoms with E-state index in [0.29, 0.717) is 29.9 Å². The van der Waals surface area contributed by atoms with E-state index < -0.39 is 86.2 Å². The molecule has 17 heteroatoms. The molecule has 5 atom stereocenters. The van der Waals surface area contributed by atoms with E-state index in [1.54, 1.807) is 26.8 Å². The summed E-state index contributed by atoms with van der Waals surface area (Å²) < 4.78 is 53.1. The lowest BCUT2D eigenvalue weighted by atomic mass is 10.1. The number of alkyl carbamates (subject to hydrolysis) is 1. The molecule has 3 aliphatic carbocycles. The highest BCUT2D eigenvalue weighted by Crippen LogP contribution is 2.45. The Balaban J connectivity index is 1.23. The summed E-state index contributed by atoms with van der Waals surface area (Å²) >= 11 is 0. The van der Waals surface area contributed by atoms with Crippen molar-refractivity contribution in [1.29, 1.82) is 0 Å². The zero-order valence-corrected chi connectivity index (χ0v) is 32.0. The number of benzene rings is 1. The molecule has 5 aliphatic rings. The second kappa shape index (κ2) is 15.4. The molecule has 2 heterocycles. The van der Waals surface area contributed by atoms with E-state index in [-0.39, 0.29) is 51.1 Å². The van der Waals surface area contributed by atoms with E-state index in [1.165, 1.54) is 29.2 Å². The van der Waals surface area contributed by atoms with Crippen molar-refractivity contribution in [3.63, 3.8) is 0 Å². The number of allylic oxidation sites excluding steroid dienone is 2. The van der Waals surface area contributed by atoms with Gasteiger partial charge in [-0.3, -0.25) is 28.8 Å². The molecule has 1 aromatic rings. The molecule has 0 bridgehead atoms. The minimum Gasteiger partial charge on any atom is -0.444 e. The third-order valence-corrected chi connectivity index (χ3v) is 12.2. The number of carbonyl (C=O) groups is 6. The van der Waals surface area contributed by atoms with Crippen LogP contribution in [0.25, 0.3) is 0 Å². The number of fused-ring (bicyclic) bond motifs is 1. The molecule has 0 radical (unpaired) electrons. The third-order valence-electron chi connectivity index (χ3n) is 10.4. The molecule has 15 nitrogen and oxygen atoms in total. The zero-order chi connectivity index (χ0) is 39.9. The highest BCUT2D eigenvalue weighted by atomic mass is 32.2. The molecule has 4 fully saturated rings. The monoisotopic (exact) mass is 785 g/mol. The number of ether oxygens (including phenoxy) is 2. The molecule has 6 rings (SSSR count). The maximum Gasteiger partial charge on any atom is 0.410 e. The molecule has 55 heavy (non-hydrogen) atoms. The molecule has 1 saturated heterocycles. The van der Waals surface area contributed by atoms with Gasteiger partial charge in [-0.1, -0.05) is 24.3 Å². The minimum absolute atomic E-state index is 0.0461. The van der Waals surface area contributed by atoms with Gasteiger partial charge in [0.25, 0.3) is 5.91 Å². The van der Waals surface area contributed by atoms with Gasteiger partial charge in [0.15, 0.2) is 5.78 Å². The summed E-state index contributed by atoms with van der Waals surface area (Å²) in [7, 11) is -3.97.